The summed E-state index contributed by atoms with van der Waals surface area (Å²) in [4.78, 5) is 33.5. The van der Waals surface area contributed by atoms with Gasteiger partial charge in [0.2, 0.25) is 5.88 Å². The van der Waals surface area contributed by atoms with E-state index in [4.69, 9.17) is 4.74 Å². The van der Waals surface area contributed by atoms with E-state index in [-0.39, 0.29) is 23.2 Å². The smallest absolute Gasteiger partial charge is 0.261 e. The highest BCUT2D eigenvalue weighted by atomic mass is 19.1. The lowest BCUT2D eigenvalue weighted by atomic mass is 10.1. The zero-order valence-electron chi connectivity index (χ0n) is 18.5. The van der Waals surface area contributed by atoms with Crippen molar-refractivity contribution in [2.75, 3.05) is 43.5 Å². The average molecular weight is 459 g/mol. The zero-order chi connectivity index (χ0) is 24.1. The minimum atomic E-state index is -0.411. The number of aromatic nitrogens is 1. The number of nitriles is 1. The highest BCUT2D eigenvalue weighted by Gasteiger charge is 2.24. The summed E-state index contributed by atoms with van der Waals surface area (Å²) < 4.78 is 18.4. The van der Waals surface area contributed by atoms with E-state index in [9.17, 15) is 19.2 Å². The molecule has 0 unspecified atom stereocenters. The molecule has 4 rings (SSSR count). The van der Waals surface area contributed by atoms with Crippen LogP contribution in [-0.4, -0.2) is 55.0 Å². The number of halogens is 1. The lowest BCUT2D eigenvalue weighted by molar-refractivity contribution is 0.0746. The predicted octanol–water partition coefficient (Wildman–Crippen LogP) is 3.32. The van der Waals surface area contributed by atoms with E-state index in [0.29, 0.717) is 43.0 Å². The van der Waals surface area contributed by atoms with Gasteiger partial charge in [-0.15, -0.1) is 0 Å². The van der Waals surface area contributed by atoms with Gasteiger partial charge < -0.3 is 19.9 Å². The van der Waals surface area contributed by atoms with E-state index in [0.717, 1.165) is 5.69 Å². The van der Waals surface area contributed by atoms with E-state index in [1.54, 1.807) is 35.2 Å². The van der Waals surface area contributed by atoms with Crippen molar-refractivity contribution in [3.05, 3.63) is 83.3 Å². The molecule has 1 aliphatic heterocycles. The summed E-state index contributed by atoms with van der Waals surface area (Å²) in [7, 11) is 1.44. The maximum Gasteiger partial charge on any atom is 0.261 e. The molecule has 8 nitrogen and oxygen atoms in total. The van der Waals surface area contributed by atoms with Gasteiger partial charge >= 0.3 is 0 Å². The van der Waals surface area contributed by atoms with Gasteiger partial charge in [-0.05, 0) is 54.6 Å². The van der Waals surface area contributed by atoms with Crippen molar-refractivity contribution in [3.8, 4) is 11.9 Å². The number of amides is 2. The Hall–Kier alpha value is -4.45. The van der Waals surface area contributed by atoms with Crippen molar-refractivity contribution >= 4 is 23.2 Å². The minimum Gasteiger partial charge on any atom is -0.480 e. The number of carbonyl (C=O) groups is 2. The molecular weight excluding hydrogens is 437 g/mol. The van der Waals surface area contributed by atoms with Crippen molar-refractivity contribution in [2.45, 2.75) is 0 Å². The predicted molar refractivity (Wildman–Crippen MR) is 124 cm³/mol. The van der Waals surface area contributed by atoms with Gasteiger partial charge in [0.05, 0.1) is 30.1 Å². The van der Waals surface area contributed by atoms with E-state index < -0.39 is 5.91 Å². The Morgan fingerprint density at radius 1 is 1.09 bits per heavy atom. The SMILES string of the molecule is COc1ncccc1C(=O)Nc1cc(C#N)ccc1N1CCN(C(=O)c2ccc(F)cc2)CC1. The van der Waals surface area contributed by atoms with Gasteiger partial charge in [-0.1, -0.05) is 0 Å². The molecule has 1 saturated heterocycles. The number of nitrogens with one attached hydrogen (secondary N) is 1. The third kappa shape index (κ3) is 4.81. The number of rotatable bonds is 5. The largest absolute Gasteiger partial charge is 0.480 e. The molecule has 0 aliphatic carbocycles. The Labute approximate surface area is 196 Å². The molecule has 1 aromatic heterocycles. The van der Waals surface area contributed by atoms with Gasteiger partial charge in [0.25, 0.3) is 11.8 Å². The third-order valence-corrected chi connectivity index (χ3v) is 5.58. The number of pyridine rings is 1. The number of methoxy groups -OCH3 is 1. The molecule has 3 aromatic rings. The van der Waals surface area contributed by atoms with Crippen molar-refractivity contribution in [3.63, 3.8) is 0 Å². The molecule has 0 radical (unpaired) electrons. The van der Waals surface area contributed by atoms with Crippen LogP contribution in [0.1, 0.15) is 26.3 Å². The standard InChI is InChI=1S/C25H22FN5O3/c1-34-24-20(3-2-10-28-24)23(32)29-21-15-17(16-27)4-9-22(21)30-11-13-31(14-12-30)25(33)18-5-7-19(26)8-6-18/h2-10,15H,11-14H2,1H3,(H,29,32). The number of ether oxygens (including phenoxy) is 1. The molecule has 0 saturated carbocycles. The van der Waals surface area contributed by atoms with Crippen LogP contribution in [-0.2, 0) is 0 Å². The number of carbonyl (C=O) groups excluding carboxylic acids is 2. The van der Waals surface area contributed by atoms with E-state index in [1.165, 1.54) is 37.6 Å². The normalized spacial score (nSPS) is 13.2. The van der Waals surface area contributed by atoms with Crippen molar-refractivity contribution in [2.24, 2.45) is 0 Å². The van der Waals surface area contributed by atoms with Gasteiger partial charge in [0.1, 0.15) is 11.4 Å². The molecular formula is C25H22FN5O3. The zero-order valence-corrected chi connectivity index (χ0v) is 18.5. The molecule has 172 valence electrons. The Morgan fingerprint density at radius 3 is 2.50 bits per heavy atom. The summed E-state index contributed by atoms with van der Waals surface area (Å²) in [5, 5.41) is 12.2. The first-order valence-corrected chi connectivity index (χ1v) is 10.6. The number of hydrogen-bond donors (Lipinski definition) is 1. The molecule has 9 heteroatoms. The summed E-state index contributed by atoms with van der Waals surface area (Å²) in [6.45, 7) is 1.97. The average Bonchev–Trinajstić information content (AvgIpc) is 2.88. The van der Waals surface area contributed by atoms with Crippen LogP contribution >= 0.6 is 0 Å². The summed E-state index contributed by atoms with van der Waals surface area (Å²) >= 11 is 0. The number of nitrogens with zero attached hydrogens (tertiary/aromatic N) is 4. The number of piperazine rings is 1. The fourth-order valence-corrected chi connectivity index (χ4v) is 3.82. The van der Waals surface area contributed by atoms with Crippen molar-refractivity contribution < 1.29 is 18.7 Å². The number of hydrogen-bond acceptors (Lipinski definition) is 6. The summed E-state index contributed by atoms with van der Waals surface area (Å²) in [6, 6.07) is 15.9. The van der Waals surface area contributed by atoms with Gasteiger partial charge in [-0.2, -0.15) is 5.26 Å². The molecule has 0 atom stereocenters. The first-order chi connectivity index (χ1) is 16.5. The maximum atomic E-state index is 13.2. The van der Waals surface area contributed by atoms with Crippen LogP contribution in [0.25, 0.3) is 0 Å². The van der Waals surface area contributed by atoms with Gasteiger partial charge in [-0.3, -0.25) is 9.59 Å². The first kappa shape index (κ1) is 22.7. The molecule has 0 spiro atoms. The maximum absolute atomic E-state index is 13.2. The third-order valence-electron chi connectivity index (χ3n) is 5.58. The lowest BCUT2D eigenvalue weighted by Gasteiger charge is -2.37. The van der Waals surface area contributed by atoms with Crippen molar-refractivity contribution in [1.29, 1.82) is 5.26 Å². The van der Waals surface area contributed by atoms with E-state index >= 15 is 0 Å². The van der Waals surface area contributed by atoms with Crippen LogP contribution in [0.3, 0.4) is 0 Å². The molecule has 0 bridgehead atoms. The Kier molecular flexibility index (Phi) is 6.69. The first-order valence-electron chi connectivity index (χ1n) is 10.6. The topological polar surface area (TPSA) is 98.6 Å². The van der Waals surface area contributed by atoms with E-state index in [2.05, 4.69) is 16.4 Å². The molecule has 34 heavy (non-hydrogen) atoms. The molecule has 2 aromatic carbocycles. The molecule has 2 heterocycles. The molecule has 1 aliphatic rings. The van der Waals surface area contributed by atoms with Crippen LogP contribution < -0.4 is 15.0 Å². The van der Waals surface area contributed by atoms with Crippen LogP contribution in [0.4, 0.5) is 15.8 Å². The Bertz CT molecular complexity index is 1250. The van der Waals surface area contributed by atoms with Gasteiger partial charge in [-0.25, -0.2) is 9.37 Å². The van der Waals surface area contributed by atoms with Gasteiger partial charge in [0, 0.05) is 37.9 Å². The fraction of sp³-hybridized carbons (Fsp3) is 0.200. The molecule has 1 N–H and O–H groups in total. The van der Waals surface area contributed by atoms with Gasteiger partial charge in [0.15, 0.2) is 0 Å². The Morgan fingerprint density at radius 2 is 1.82 bits per heavy atom. The van der Waals surface area contributed by atoms with Crippen molar-refractivity contribution in [1.82, 2.24) is 9.88 Å². The van der Waals surface area contributed by atoms with Crippen LogP contribution in [0, 0.1) is 17.1 Å². The number of anilines is 2. The highest BCUT2D eigenvalue weighted by Crippen LogP contribution is 2.29. The monoisotopic (exact) mass is 459 g/mol. The second kappa shape index (κ2) is 10.0. The molecule has 1 fully saturated rings. The van der Waals surface area contributed by atoms with Crippen LogP contribution in [0.5, 0.6) is 5.88 Å². The summed E-state index contributed by atoms with van der Waals surface area (Å²) in [5.41, 5.74) is 2.33. The number of benzene rings is 2. The second-order valence-electron chi connectivity index (χ2n) is 7.64. The summed E-state index contributed by atoms with van der Waals surface area (Å²) in [6.07, 6.45) is 1.53. The second-order valence-corrected chi connectivity index (χ2v) is 7.64. The summed E-state index contributed by atoms with van der Waals surface area (Å²) in [5.74, 6) is -0.755. The molecule has 2 amide bonds. The van der Waals surface area contributed by atoms with E-state index in [1.807, 2.05) is 4.90 Å². The van der Waals surface area contributed by atoms with Crippen LogP contribution in [0.15, 0.2) is 60.8 Å². The Balaban J connectivity index is 1.51. The lowest BCUT2D eigenvalue weighted by Crippen LogP contribution is -2.49. The fourth-order valence-electron chi connectivity index (χ4n) is 3.82. The highest BCUT2D eigenvalue weighted by molar-refractivity contribution is 6.07. The minimum absolute atomic E-state index is 0.156. The quantitative estimate of drug-likeness (QED) is 0.629. The van der Waals surface area contributed by atoms with Crippen LogP contribution in [0.2, 0.25) is 0 Å².